The molecule has 0 radical (unpaired) electrons. The Labute approximate surface area is 105 Å². The summed E-state index contributed by atoms with van der Waals surface area (Å²) in [4.78, 5) is 1.29. The van der Waals surface area contributed by atoms with Crippen LogP contribution in [-0.4, -0.2) is 13.2 Å². The van der Waals surface area contributed by atoms with E-state index in [1.807, 2.05) is 11.3 Å². The second-order valence-corrected chi connectivity index (χ2v) is 5.80. The Morgan fingerprint density at radius 3 is 3.00 bits per heavy atom. The van der Waals surface area contributed by atoms with Crippen LogP contribution in [-0.2, 0) is 4.74 Å². The van der Waals surface area contributed by atoms with E-state index in [0.717, 1.165) is 19.6 Å². The lowest BCUT2D eigenvalue weighted by atomic mass is 9.93. The fraction of sp³-hybridized carbons (Fsp3) is 0.429. The van der Waals surface area contributed by atoms with E-state index >= 15 is 0 Å². The van der Waals surface area contributed by atoms with Gasteiger partial charge < -0.3 is 10.5 Å². The first-order valence-corrected chi connectivity index (χ1v) is 6.98. The van der Waals surface area contributed by atoms with Crippen LogP contribution in [0.2, 0.25) is 0 Å². The van der Waals surface area contributed by atoms with Crippen LogP contribution in [0.4, 0.5) is 0 Å². The van der Waals surface area contributed by atoms with Crippen LogP contribution in [0.3, 0.4) is 0 Å². The highest BCUT2D eigenvalue weighted by Gasteiger charge is 2.23. The average molecular weight is 247 g/mol. The molecule has 2 nitrogen and oxygen atoms in total. The topological polar surface area (TPSA) is 35.2 Å². The van der Waals surface area contributed by atoms with E-state index in [1.165, 1.54) is 21.4 Å². The van der Waals surface area contributed by atoms with Gasteiger partial charge in [0.05, 0.1) is 6.61 Å². The average Bonchev–Trinajstić information content (AvgIpc) is 2.82. The number of thiophene rings is 1. The minimum atomic E-state index is 0.132. The lowest BCUT2D eigenvalue weighted by Gasteiger charge is -2.26. The Bertz CT molecular complexity index is 469. The number of hydrogen-bond donors (Lipinski definition) is 1. The highest BCUT2D eigenvalue weighted by atomic mass is 32.1. The zero-order chi connectivity index (χ0) is 11.7. The molecule has 0 aliphatic carbocycles. The molecule has 0 spiro atoms. The Hall–Kier alpha value is -0.900. The number of rotatable bonds is 2. The summed E-state index contributed by atoms with van der Waals surface area (Å²) in [6.07, 6.45) is 2.33. The van der Waals surface area contributed by atoms with Crippen LogP contribution in [0.5, 0.6) is 0 Å². The van der Waals surface area contributed by atoms with Crippen LogP contribution in [0.25, 0.3) is 10.1 Å². The number of benzene rings is 1. The van der Waals surface area contributed by atoms with Gasteiger partial charge in [0.1, 0.15) is 0 Å². The predicted molar refractivity (Wildman–Crippen MR) is 72.3 cm³/mol. The van der Waals surface area contributed by atoms with Crippen molar-refractivity contribution in [2.75, 3.05) is 13.2 Å². The van der Waals surface area contributed by atoms with E-state index in [9.17, 15) is 0 Å². The van der Waals surface area contributed by atoms with Gasteiger partial charge in [-0.05, 0) is 30.4 Å². The molecular weight excluding hydrogens is 230 g/mol. The Balaban J connectivity index is 1.86. The Morgan fingerprint density at radius 1 is 1.35 bits per heavy atom. The quantitative estimate of drug-likeness (QED) is 0.883. The van der Waals surface area contributed by atoms with Gasteiger partial charge in [0.2, 0.25) is 0 Å². The van der Waals surface area contributed by atoms with E-state index in [4.69, 9.17) is 10.5 Å². The SMILES string of the molecule is NC(c1cc2ccccc2s1)C1CCCOC1. The molecule has 2 aromatic rings. The summed E-state index contributed by atoms with van der Waals surface area (Å²) in [5.41, 5.74) is 6.36. The largest absolute Gasteiger partial charge is 0.381 e. The molecule has 1 aromatic carbocycles. The zero-order valence-corrected chi connectivity index (χ0v) is 10.6. The van der Waals surface area contributed by atoms with E-state index in [0.29, 0.717) is 5.92 Å². The molecule has 3 heteroatoms. The van der Waals surface area contributed by atoms with Gasteiger partial charge in [-0.25, -0.2) is 0 Å². The fourth-order valence-electron chi connectivity index (χ4n) is 2.45. The van der Waals surface area contributed by atoms with Crippen LogP contribution in [0, 0.1) is 5.92 Å². The summed E-state index contributed by atoms with van der Waals surface area (Å²) in [5.74, 6) is 0.483. The van der Waals surface area contributed by atoms with Gasteiger partial charge in [-0.2, -0.15) is 0 Å². The van der Waals surface area contributed by atoms with Crippen LogP contribution in [0.15, 0.2) is 30.3 Å². The van der Waals surface area contributed by atoms with E-state index in [-0.39, 0.29) is 6.04 Å². The molecule has 1 aliphatic heterocycles. The third kappa shape index (κ3) is 2.23. The maximum absolute atomic E-state index is 6.36. The first kappa shape index (κ1) is 11.2. The fourth-order valence-corrected chi connectivity index (χ4v) is 3.61. The van der Waals surface area contributed by atoms with Gasteiger partial charge in [-0.15, -0.1) is 11.3 Å². The summed E-state index contributed by atoms with van der Waals surface area (Å²) in [7, 11) is 0. The highest BCUT2D eigenvalue weighted by Crippen LogP contribution is 2.34. The van der Waals surface area contributed by atoms with Crippen molar-refractivity contribution < 1.29 is 4.74 Å². The van der Waals surface area contributed by atoms with Crippen molar-refractivity contribution in [2.45, 2.75) is 18.9 Å². The maximum Gasteiger partial charge on any atom is 0.0512 e. The van der Waals surface area contributed by atoms with Crippen LogP contribution >= 0.6 is 11.3 Å². The third-order valence-electron chi connectivity index (χ3n) is 3.48. The first-order valence-electron chi connectivity index (χ1n) is 6.16. The number of ether oxygens (including phenoxy) is 1. The van der Waals surface area contributed by atoms with Crippen molar-refractivity contribution in [1.82, 2.24) is 0 Å². The monoisotopic (exact) mass is 247 g/mol. The maximum atomic E-state index is 6.36. The van der Waals surface area contributed by atoms with Gasteiger partial charge in [0.25, 0.3) is 0 Å². The van der Waals surface area contributed by atoms with Crippen molar-refractivity contribution in [2.24, 2.45) is 11.7 Å². The zero-order valence-electron chi connectivity index (χ0n) is 9.76. The second kappa shape index (κ2) is 4.77. The molecule has 2 unspecified atom stereocenters. The van der Waals surface area contributed by atoms with Gasteiger partial charge in [0.15, 0.2) is 0 Å². The van der Waals surface area contributed by atoms with Crippen molar-refractivity contribution >= 4 is 21.4 Å². The summed E-state index contributed by atoms with van der Waals surface area (Å²) < 4.78 is 6.85. The summed E-state index contributed by atoms with van der Waals surface area (Å²) in [5, 5.41) is 1.31. The van der Waals surface area contributed by atoms with Gasteiger partial charge in [-0.3, -0.25) is 0 Å². The molecule has 3 rings (SSSR count). The molecule has 17 heavy (non-hydrogen) atoms. The second-order valence-electron chi connectivity index (χ2n) is 4.69. The minimum Gasteiger partial charge on any atom is -0.381 e. The molecule has 2 heterocycles. The predicted octanol–water partition coefficient (Wildman–Crippen LogP) is 3.33. The lowest BCUT2D eigenvalue weighted by Crippen LogP contribution is -2.28. The van der Waals surface area contributed by atoms with Gasteiger partial charge >= 0.3 is 0 Å². The van der Waals surface area contributed by atoms with Crippen molar-refractivity contribution in [1.29, 1.82) is 0 Å². The van der Waals surface area contributed by atoms with Gasteiger partial charge in [-0.1, -0.05) is 18.2 Å². The smallest absolute Gasteiger partial charge is 0.0512 e. The van der Waals surface area contributed by atoms with Crippen molar-refractivity contribution in [3.8, 4) is 0 Å². The summed E-state index contributed by atoms with van der Waals surface area (Å²) in [6.45, 7) is 1.71. The Morgan fingerprint density at radius 2 is 2.24 bits per heavy atom. The molecule has 1 aliphatic rings. The Kier molecular flexibility index (Phi) is 3.14. The highest BCUT2D eigenvalue weighted by molar-refractivity contribution is 7.19. The van der Waals surface area contributed by atoms with Gasteiger partial charge in [0, 0.05) is 28.1 Å². The molecule has 0 saturated carbocycles. The molecule has 2 N–H and O–H groups in total. The molecule has 0 amide bonds. The molecule has 1 aromatic heterocycles. The molecule has 90 valence electrons. The number of fused-ring (bicyclic) bond motifs is 1. The van der Waals surface area contributed by atoms with E-state index < -0.39 is 0 Å². The minimum absolute atomic E-state index is 0.132. The summed E-state index contributed by atoms with van der Waals surface area (Å²) >= 11 is 1.82. The molecule has 1 saturated heterocycles. The molecular formula is C14H17NOS. The van der Waals surface area contributed by atoms with E-state index in [1.54, 1.807) is 0 Å². The van der Waals surface area contributed by atoms with Crippen molar-refractivity contribution in [3.05, 3.63) is 35.2 Å². The molecule has 2 atom stereocenters. The standard InChI is InChI=1S/C14H17NOS/c15-14(11-5-3-7-16-9-11)13-8-10-4-1-2-6-12(10)17-13/h1-2,4,6,8,11,14H,3,5,7,9,15H2. The number of nitrogens with two attached hydrogens (primary N) is 1. The van der Waals surface area contributed by atoms with Crippen LogP contribution in [0.1, 0.15) is 23.8 Å². The third-order valence-corrected chi connectivity index (χ3v) is 4.69. The first-order chi connectivity index (χ1) is 8.34. The number of hydrogen-bond acceptors (Lipinski definition) is 3. The molecule has 0 bridgehead atoms. The van der Waals surface area contributed by atoms with E-state index in [2.05, 4.69) is 30.3 Å². The summed E-state index contributed by atoms with van der Waals surface area (Å²) in [6, 6.07) is 10.8. The molecule has 1 fully saturated rings. The van der Waals surface area contributed by atoms with Crippen LogP contribution < -0.4 is 5.73 Å². The lowest BCUT2D eigenvalue weighted by molar-refractivity contribution is 0.0452. The normalized spacial score (nSPS) is 22.8. The van der Waals surface area contributed by atoms with Crippen molar-refractivity contribution in [3.63, 3.8) is 0 Å².